The van der Waals surface area contributed by atoms with Crippen LogP contribution in [0.5, 0.6) is 0 Å². The Morgan fingerprint density at radius 1 is 1.26 bits per heavy atom. The summed E-state index contributed by atoms with van der Waals surface area (Å²) in [5, 5.41) is 3.72. The fourth-order valence-electron chi connectivity index (χ4n) is 3.69. The number of benzene rings is 1. The first-order chi connectivity index (χ1) is 14.8. The van der Waals surface area contributed by atoms with E-state index in [1.54, 1.807) is 42.3 Å². The largest absolute Gasteiger partial charge is 0.374 e. The molecule has 5 rings (SSSR count). The molecule has 7 nitrogen and oxygen atoms in total. The first kappa shape index (κ1) is 19.7. The van der Waals surface area contributed by atoms with Gasteiger partial charge in [-0.05, 0) is 29.3 Å². The summed E-state index contributed by atoms with van der Waals surface area (Å²) in [6.45, 7) is 0.580. The van der Waals surface area contributed by atoms with Gasteiger partial charge in [-0.1, -0.05) is 24.3 Å². The predicted octanol–water partition coefficient (Wildman–Crippen LogP) is 3.43. The molecule has 0 saturated carbocycles. The van der Waals surface area contributed by atoms with Crippen molar-refractivity contribution in [3.63, 3.8) is 0 Å². The van der Waals surface area contributed by atoms with Crippen molar-refractivity contribution in [1.29, 1.82) is 0 Å². The fourth-order valence-corrected chi connectivity index (χ4v) is 4.77. The van der Waals surface area contributed by atoms with Gasteiger partial charge >= 0.3 is 0 Å². The molecule has 1 aromatic carbocycles. The molecule has 2 aliphatic heterocycles. The van der Waals surface area contributed by atoms with Crippen molar-refractivity contribution >= 4 is 34.0 Å². The molecule has 0 unspecified atom stereocenters. The van der Waals surface area contributed by atoms with Crippen LogP contribution in [0.1, 0.15) is 32.0 Å². The molecule has 31 heavy (non-hydrogen) atoms. The van der Waals surface area contributed by atoms with Crippen molar-refractivity contribution in [3.05, 3.63) is 64.8 Å². The van der Waals surface area contributed by atoms with Crippen LogP contribution in [0.15, 0.2) is 42.5 Å². The molecule has 2 aromatic heterocycles. The van der Waals surface area contributed by atoms with Crippen molar-refractivity contribution in [1.82, 2.24) is 9.88 Å². The van der Waals surface area contributed by atoms with Gasteiger partial charge in [0.25, 0.3) is 11.8 Å². The quantitative estimate of drug-likeness (QED) is 0.636. The van der Waals surface area contributed by atoms with E-state index in [2.05, 4.69) is 10.3 Å². The lowest BCUT2D eigenvalue weighted by Gasteiger charge is -2.34. The van der Waals surface area contributed by atoms with Crippen LogP contribution in [-0.4, -0.2) is 42.0 Å². The molecular formula is C22H19FN4O3S. The predicted molar refractivity (Wildman–Crippen MR) is 115 cm³/mol. The number of nitrogens with one attached hydrogen (secondary N) is 1. The van der Waals surface area contributed by atoms with Crippen LogP contribution >= 0.6 is 11.3 Å². The number of carbonyl (C=O) groups is 2. The second kappa shape index (κ2) is 7.14. The van der Waals surface area contributed by atoms with Crippen LogP contribution in [0, 0.1) is 0 Å². The van der Waals surface area contributed by atoms with Crippen LogP contribution in [0.3, 0.4) is 0 Å². The van der Waals surface area contributed by atoms with E-state index in [4.69, 9.17) is 10.5 Å². The van der Waals surface area contributed by atoms with Gasteiger partial charge in [0.15, 0.2) is 5.67 Å². The molecule has 0 aliphatic carbocycles. The molecule has 3 aromatic rings. The number of carbonyl (C=O) groups excluding carboxylic acids is 2. The second-order valence-electron chi connectivity index (χ2n) is 7.73. The fraction of sp³-hybridized carbons (Fsp3) is 0.227. The standard InChI is InChI=1S/C22H19FN4O3S/c1-27-9-16-14(21(27)29)6-7-18(25-16)26-20-15(19(24)28)8-17(31-20)12-2-4-13(5-3-12)22(23)10-30-11-22/h2-8H,9-11H2,1H3,(H2,24,28)(H,25,26). The molecule has 4 heterocycles. The van der Waals surface area contributed by atoms with Gasteiger partial charge in [-0.25, -0.2) is 9.37 Å². The molecule has 1 fully saturated rings. The number of ether oxygens (including phenoxy) is 1. The van der Waals surface area contributed by atoms with E-state index in [0.29, 0.717) is 39.7 Å². The molecule has 3 N–H and O–H groups in total. The number of alkyl halides is 1. The molecule has 158 valence electrons. The SMILES string of the molecule is CN1Cc2nc(Nc3sc(-c4ccc(C5(F)COC5)cc4)cc3C(N)=O)ccc2C1=O. The zero-order chi connectivity index (χ0) is 21.8. The topological polar surface area (TPSA) is 97.5 Å². The minimum Gasteiger partial charge on any atom is -0.374 e. The molecule has 9 heteroatoms. The second-order valence-corrected chi connectivity index (χ2v) is 8.78. The molecule has 2 amide bonds. The van der Waals surface area contributed by atoms with Crippen molar-refractivity contribution < 1.29 is 18.7 Å². The molecule has 1 saturated heterocycles. The maximum atomic E-state index is 14.5. The van der Waals surface area contributed by atoms with Crippen LogP contribution < -0.4 is 11.1 Å². The highest BCUT2D eigenvalue weighted by Crippen LogP contribution is 2.39. The highest BCUT2D eigenvalue weighted by Gasteiger charge is 2.40. The number of pyridine rings is 1. The van der Waals surface area contributed by atoms with Gasteiger partial charge in [0.05, 0.1) is 36.6 Å². The van der Waals surface area contributed by atoms with Crippen LogP contribution in [0.25, 0.3) is 10.4 Å². The molecule has 0 bridgehead atoms. The number of amides is 2. The van der Waals surface area contributed by atoms with Gasteiger partial charge in [0.1, 0.15) is 10.8 Å². The normalized spacial score (nSPS) is 16.7. The van der Waals surface area contributed by atoms with Crippen molar-refractivity contribution in [2.24, 2.45) is 5.73 Å². The number of rotatable bonds is 5. The van der Waals surface area contributed by atoms with E-state index >= 15 is 0 Å². The Bertz CT molecular complexity index is 1200. The summed E-state index contributed by atoms with van der Waals surface area (Å²) in [5.74, 6) is -0.0956. The average molecular weight is 438 g/mol. The van der Waals surface area contributed by atoms with Gasteiger partial charge in [-0.15, -0.1) is 11.3 Å². The zero-order valence-electron chi connectivity index (χ0n) is 16.6. The van der Waals surface area contributed by atoms with Crippen LogP contribution in [-0.2, 0) is 17.0 Å². The molecule has 0 atom stereocenters. The number of hydrogen-bond donors (Lipinski definition) is 2. The third-order valence-corrected chi connectivity index (χ3v) is 6.63. The third kappa shape index (κ3) is 3.35. The maximum Gasteiger partial charge on any atom is 0.255 e. The number of thiophene rings is 1. The van der Waals surface area contributed by atoms with E-state index in [1.807, 2.05) is 12.1 Å². The summed E-state index contributed by atoms with van der Waals surface area (Å²) in [6.07, 6.45) is 0. The first-order valence-corrected chi connectivity index (χ1v) is 10.5. The average Bonchev–Trinajstić information content (AvgIpc) is 3.27. The van der Waals surface area contributed by atoms with Gasteiger partial charge in [0.2, 0.25) is 0 Å². The van der Waals surface area contributed by atoms with E-state index in [-0.39, 0.29) is 19.1 Å². The first-order valence-electron chi connectivity index (χ1n) is 9.68. The minimum absolute atomic E-state index is 0.0581. The van der Waals surface area contributed by atoms with Gasteiger partial charge < -0.3 is 20.7 Å². The number of nitrogens with zero attached hydrogens (tertiary/aromatic N) is 2. The lowest BCUT2D eigenvalue weighted by Crippen LogP contribution is -2.42. The minimum atomic E-state index is -1.42. The Kier molecular flexibility index (Phi) is 4.53. The van der Waals surface area contributed by atoms with Crippen molar-refractivity contribution in [3.8, 4) is 10.4 Å². The number of fused-ring (bicyclic) bond motifs is 1. The van der Waals surface area contributed by atoms with Crippen LogP contribution in [0.4, 0.5) is 15.2 Å². The Hall–Kier alpha value is -3.30. The number of halogens is 1. The summed E-state index contributed by atoms with van der Waals surface area (Å²) in [5.41, 5.74) is 7.20. The smallest absolute Gasteiger partial charge is 0.255 e. The zero-order valence-corrected chi connectivity index (χ0v) is 17.5. The summed E-state index contributed by atoms with van der Waals surface area (Å²) >= 11 is 1.36. The Morgan fingerprint density at radius 2 is 2.00 bits per heavy atom. The number of hydrogen-bond acceptors (Lipinski definition) is 6. The van der Waals surface area contributed by atoms with E-state index in [9.17, 15) is 14.0 Å². The van der Waals surface area contributed by atoms with E-state index in [1.165, 1.54) is 11.3 Å². The summed E-state index contributed by atoms with van der Waals surface area (Å²) in [4.78, 5) is 31.0. The lowest BCUT2D eigenvalue weighted by atomic mass is 9.93. The Labute approximate surface area is 181 Å². The van der Waals surface area contributed by atoms with E-state index < -0.39 is 11.6 Å². The Morgan fingerprint density at radius 3 is 2.65 bits per heavy atom. The Balaban J connectivity index is 1.43. The monoisotopic (exact) mass is 438 g/mol. The number of aromatic nitrogens is 1. The van der Waals surface area contributed by atoms with Gasteiger partial charge in [-0.3, -0.25) is 9.59 Å². The molecule has 0 radical (unpaired) electrons. The van der Waals surface area contributed by atoms with Crippen LogP contribution in [0.2, 0.25) is 0 Å². The van der Waals surface area contributed by atoms with Gasteiger partial charge in [-0.2, -0.15) is 0 Å². The number of primary amides is 1. The van der Waals surface area contributed by atoms with Gasteiger partial charge in [0, 0.05) is 11.9 Å². The summed E-state index contributed by atoms with van der Waals surface area (Å²) < 4.78 is 19.5. The van der Waals surface area contributed by atoms with E-state index in [0.717, 1.165) is 10.4 Å². The highest BCUT2D eigenvalue weighted by atomic mass is 32.1. The summed E-state index contributed by atoms with van der Waals surface area (Å²) in [6, 6.07) is 12.3. The number of anilines is 2. The molecular weight excluding hydrogens is 419 g/mol. The third-order valence-electron chi connectivity index (χ3n) is 5.53. The molecule has 0 spiro atoms. The number of nitrogens with two attached hydrogens (primary N) is 1. The van der Waals surface area contributed by atoms with Crippen molar-refractivity contribution in [2.45, 2.75) is 12.2 Å². The molecule has 2 aliphatic rings. The van der Waals surface area contributed by atoms with Crippen molar-refractivity contribution in [2.75, 3.05) is 25.6 Å². The lowest BCUT2D eigenvalue weighted by molar-refractivity contribution is -0.135. The summed E-state index contributed by atoms with van der Waals surface area (Å²) in [7, 11) is 1.72. The highest BCUT2D eigenvalue weighted by molar-refractivity contribution is 7.19. The maximum absolute atomic E-state index is 14.5.